The van der Waals surface area contributed by atoms with Gasteiger partial charge >= 0.3 is 0 Å². The van der Waals surface area contributed by atoms with Crippen molar-refractivity contribution in [2.75, 3.05) is 0 Å². The summed E-state index contributed by atoms with van der Waals surface area (Å²) in [6, 6.07) is 9.58. The molecule has 0 radical (unpaired) electrons. The molecule has 2 rings (SSSR count). The molecule has 0 unspecified atom stereocenters. The maximum Gasteiger partial charge on any atom is 0.271 e. The van der Waals surface area contributed by atoms with Crippen molar-refractivity contribution in [3.63, 3.8) is 0 Å². The molecule has 0 spiro atoms. The van der Waals surface area contributed by atoms with E-state index in [9.17, 15) is 9.90 Å². The second kappa shape index (κ2) is 7.20. The van der Waals surface area contributed by atoms with E-state index in [1.807, 2.05) is 0 Å². The number of benzene rings is 2. The van der Waals surface area contributed by atoms with Crippen LogP contribution in [0.2, 0.25) is 0 Å². The minimum Gasteiger partial charge on any atom is -0.506 e. The van der Waals surface area contributed by atoms with Gasteiger partial charge in [-0.15, -0.1) is 0 Å². The highest BCUT2D eigenvalue weighted by atomic mass is 79.9. The van der Waals surface area contributed by atoms with Crippen LogP contribution in [0.3, 0.4) is 0 Å². The molecule has 110 valence electrons. The third-order valence-electron chi connectivity index (χ3n) is 2.69. The molecule has 2 aromatic carbocycles. The average Bonchev–Trinajstić information content (AvgIpc) is 2.51. The Hall–Kier alpha value is -2.17. The monoisotopic (exact) mass is 421 g/mol. The Kier molecular flexibility index (Phi) is 5.31. The maximum absolute atomic E-state index is 11.9. The first kappa shape index (κ1) is 16.2. The molecule has 5 nitrogen and oxygen atoms in total. The summed E-state index contributed by atoms with van der Waals surface area (Å²) < 4.78 is 1.28. The number of phenols is 1. The molecule has 0 fully saturated rings. The van der Waals surface area contributed by atoms with Crippen molar-refractivity contribution in [2.45, 2.75) is 0 Å². The Morgan fingerprint density at radius 3 is 2.59 bits per heavy atom. The van der Waals surface area contributed by atoms with E-state index in [-0.39, 0.29) is 5.75 Å². The molecule has 0 heterocycles. The standard InChI is InChI=1S/C15H9Br2N3O2/c1-18-12-4-2-9(3-5-12)15(22)20-19-8-10-6-11(16)7-13(17)14(10)21/h2-8,21H,(H,20,22)/b19-8+. The summed E-state index contributed by atoms with van der Waals surface area (Å²) in [5.41, 5.74) is 3.67. The van der Waals surface area contributed by atoms with Crippen molar-refractivity contribution in [1.82, 2.24) is 5.43 Å². The highest BCUT2D eigenvalue weighted by Crippen LogP contribution is 2.30. The number of amides is 1. The molecule has 0 aromatic heterocycles. The molecule has 2 aromatic rings. The molecule has 0 aliphatic carbocycles. The number of hydrazone groups is 1. The number of carbonyl (C=O) groups is 1. The fraction of sp³-hybridized carbons (Fsp3) is 0. The Labute approximate surface area is 143 Å². The number of carbonyl (C=O) groups excluding carboxylic acids is 1. The Morgan fingerprint density at radius 1 is 1.27 bits per heavy atom. The second-order valence-electron chi connectivity index (χ2n) is 4.18. The van der Waals surface area contributed by atoms with Crippen LogP contribution >= 0.6 is 31.9 Å². The number of halogens is 2. The zero-order valence-corrected chi connectivity index (χ0v) is 14.2. The van der Waals surface area contributed by atoms with Gasteiger partial charge in [0.05, 0.1) is 17.3 Å². The van der Waals surface area contributed by atoms with Gasteiger partial charge in [0.1, 0.15) is 5.75 Å². The molecule has 1 amide bonds. The third-order valence-corrected chi connectivity index (χ3v) is 3.75. The Balaban J connectivity index is 2.09. The van der Waals surface area contributed by atoms with Crippen molar-refractivity contribution in [3.05, 3.63) is 67.9 Å². The quantitative estimate of drug-likeness (QED) is 0.441. The predicted octanol–water partition coefficient (Wildman–Crippen LogP) is 4.23. The van der Waals surface area contributed by atoms with E-state index in [1.165, 1.54) is 6.21 Å². The van der Waals surface area contributed by atoms with Crippen molar-refractivity contribution < 1.29 is 9.90 Å². The molecule has 2 N–H and O–H groups in total. The normalized spacial score (nSPS) is 10.4. The second-order valence-corrected chi connectivity index (χ2v) is 5.95. The highest BCUT2D eigenvalue weighted by Gasteiger charge is 2.06. The van der Waals surface area contributed by atoms with Crippen molar-refractivity contribution in [3.8, 4) is 5.75 Å². The highest BCUT2D eigenvalue weighted by molar-refractivity contribution is 9.11. The summed E-state index contributed by atoms with van der Waals surface area (Å²) in [5, 5.41) is 13.7. The van der Waals surface area contributed by atoms with Gasteiger partial charge < -0.3 is 5.11 Å². The molecule has 0 aliphatic heterocycles. The van der Waals surface area contributed by atoms with Gasteiger partial charge in [0, 0.05) is 15.6 Å². The van der Waals surface area contributed by atoms with E-state index >= 15 is 0 Å². The van der Waals surface area contributed by atoms with Crippen molar-refractivity contribution in [2.24, 2.45) is 5.10 Å². The molecule has 22 heavy (non-hydrogen) atoms. The SMILES string of the molecule is [C-]#[N+]c1ccc(C(=O)N/N=C/c2cc(Br)cc(Br)c2O)cc1. The smallest absolute Gasteiger partial charge is 0.271 e. The fourth-order valence-corrected chi connectivity index (χ4v) is 2.85. The van der Waals surface area contributed by atoms with Gasteiger partial charge in [-0.2, -0.15) is 5.10 Å². The molecular weight excluding hydrogens is 414 g/mol. The number of hydrogen-bond donors (Lipinski definition) is 2. The summed E-state index contributed by atoms with van der Waals surface area (Å²) >= 11 is 6.52. The van der Waals surface area contributed by atoms with Gasteiger partial charge in [0.25, 0.3) is 5.91 Å². The van der Waals surface area contributed by atoms with Crippen LogP contribution < -0.4 is 5.43 Å². The topological polar surface area (TPSA) is 66.0 Å². The van der Waals surface area contributed by atoms with Crippen LogP contribution in [0.4, 0.5) is 5.69 Å². The molecule has 0 atom stereocenters. The number of nitrogens with one attached hydrogen (secondary N) is 1. The van der Waals surface area contributed by atoms with Crippen LogP contribution in [0.1, 0.15) is 15.9 Å². The summed E-state index contributed by atoms with van der Waals surface area (Å²) in [7, 11) is 0. The molecule has 0 saturated heterocycles. The first-order valence-electron chi connectivity index (χ1n) is 6.00. The lowest BCUT2D eigenvalue weighted by atomic mass is 10.2. The van der Waals surface area contributed by atoms with E-state index < -0.39 is 5.91 Å². The molecule has 0 bridgehead atoms. The lowest BCUT2D eigenvalue weighted by molar-refractivity contribution is 0.0955. The van der Waals surface area contributed by atoms with Crippen LogP contribution in [0.5, 0.6) is 5.75 Å². The van der Waals surface area contributed by atoms with Gasteiger partial charge in [0.2, 0.25) is 0 Å². The number of nitrogens with zero attached hydrogens (tertiary/aromatic N) is 2. The van der Waals surface area contributed by atoms with Crippen LogP contribution in [0.15, 0.2) is 50.4 Å². The van der Waals surface area contributed by atoms with Gasteiger partial charge in [-0.25, -0.2) is 10.3 Å². The van der Waals surface area contributed by atoms with Gasteiger partial charge in [-0.05, 0) is 28.1 Å². The fourth-order valence-electron chi connectivity index (χ4n) is 1.60. The van der Waals surface area contributed by atoms with Crippen LogP contribution in [-0.4, -0.2) is 17.2 Å². The molecule has 0 saturated carbocycles. The van der Waals surface area contributed by atoms with Crippen LogP contribution in [-0.2, 0) is 0 Å². The van der Waals surface area contributed by atoms with Crippen molar-refractivity contribution >= 4 is 49.7 Å². The molecule has 0 aliphatic rings. The lowest BCUT2D eigenvalue weighted by Gasteiger charge is -2.03. The lowest BCUT2D eigenvalue weighted by Crippen LogP contribution is -2.17. The summed E-state index contributed by atoms with van der Waals surface area (Å²) in [6.45, 7) is 6.85. The van der Waals surface area contributed by atoms with Gasteiger partial charge in [-0.1, -0.05) is 40.2 Å². The van der Waals surface area contributed by atoms with E-state index in [0.29, 0.717) is 21.3 Å². The van der Waals surface area contributed by atoms with E-state index in [1.54, 1.807) is 36.4 Å². The first-order chi connectivity index (χ1) is 10.5. The number of rotatable bonds is 3. The minimum absolute atomic E-state index is 0.0302. The van der Waals surface area contributed by atoms with Crippen molar-refractivity contribution in [1.29, 1.82) is 0 Å². The zero-order chi connectivity index (χ0) is 16.1. The number of hydrogen-bond acceptors (Lipinski definition) is 3. The van der Waals surface area contributed by atoms with E-state index in [2.05, 4.69) is 47.2 Å². The number of aromatic hydroxyl groups is 1. The summed E-state index contributed by atoms with van der Waals surface area (Å²) in [6.07, 6.45) is 1.34. The first-order valence-corrected chi connectivity index (χ1v) is 7.59. The summed E-state index contributed by atoms with van der Waals surface area (Å²) in [4.78, 5) is 15.1. The zero-order valence-electron chi connectivity index (χ0n) is 11.0. The van der Waals surface area contributed by atoms with Crippen LogP contribution in [0.25, 0.3) is 4.85 Å². The van der Waals surface area contributed by atoms with Gasteiger partial charge in [0.15, 0.2) is 5.69 Å². The summed E-state index contributed by atoms with van der Waals surface area (Å²) in [5.74, 6) is -0.371. The molecule has 7 heteroatoms. The Morgan fingerprint density at radius 2 is 1.95 bits per heavy atom. The minimum atomic E-state index is -0.402. The maximum atomic E-state index is 11.9. The largest absolute Gasteiger partial charge is 0.506 e. The Bertz CT molecular complexity index is 781. The van der Waals surface area contributed by atoms with E-state index in [0.717, 1.165) is 4.47 Å². The molecular formula is C15H9Br2N3O2. The average molecular weight is 423 g/mol. The van der Waals surface area contributed by atoms with Gasteiger partial charge in [-0.3, -0.25) is 4.79 Å². The van der Waals surface area contributed by atoms with E-state index in [4.69, 9.17) is 6.57 Å². The van der Waals surface area contributed by atoms with Crippen LogP contribution in [0, 0.1) is 6.57 Å². The number of phenolic OH excluding ortho intramolecular Hbond substituents is 1. The third kappa shape index (κ3) is 3.93. The predicted molar refractivity (Wildman–Crippen MR) is 91.3 cm³/mol.